The standard InChI is InChI=1S/C13H19N3O2/c1-9(2)16-15-8-11-5-3-10(4-6-11)7-12(14)13(17)18/h3-6,9,12H,7-8,14H2,1-2H3,(H,17,18). The van der Waals surface area contributed by atoms with E-state index >= 15 is 0 Å². The molecule has 0 saturated heterocycles. The quantitative estimate of drug-likeness (QED) is 0.756. The molecule has 0 aliphatic rings. The third-order valence-electron chi connectivity index (χ3n) is 2.36. The number of carboxylic acids is 1. The first kappa shape index (κ1) is 14.3. The van der Waals surface area contributed by atoms with E-state index in [1.807, 2.05) is 38.1 Å². The molecule has 1 aromatic rings. The van der Waals surface area contributed by atoms with Crippen LogP contribution in [0.15, 0.2) is 34.5 Å². The first-order chi connectivity index (χ1) is 8.49. The van der Waals surface area contributed by atoms with E-state index in [-0.39, 0.29) is 6.04 Å². The van der Waals surface area contributed by atoms with Crippen molar-refractivity contribution < 1.29 is 9.90 Å². The van der Waals surface area contributed by atoms with Crippen LogP contribution in [0.1, 0.15) is 25.0 Å². The van der Waals surface area contributed by atoms with Crippen molar-refractivity contribution >= 4 is 5.97 Å². The van der Waals surface area contributed by atoms with Gasteiger partial charge in [-0.3, -0.25) is 4.79 Å². The fourth-order valence-corrected chi connectivity index (χ4v) is 1.41. The van der Waals surface area contributed by atoms with E-state index in [1.54, 1.807) is 0 Å². The molecule has 0 fully saturated rings. The molecule has 0 aromatic heterocycles. The average Bonchev–Trinajstić information content (AvgIpc) is 2.30. The van der Waals surface area contributed by atoms with E-state index in [2.05, 4.69) is 10.2 Å². The Bertz CT molecular complexity index is 413. The van der Waals surface area contributed by atoms with E-state index in [1.165, 1.54) is 0 Å². The Balaban J connectivity index is 2.55. The van der Waals surface area contributed by atoms with E-state index < -0.39 is 12.0 Å². The Hall–Kier alpha value is -1.75. The molecular weight excluding hydrogens is 230 g/mol. The second-order valence-electron chi connectivity index (χ2n) is 4.47. The molecule has 0 aliphatic carbocycles. The number of hydrogen-bond acceptors (Lipinski definition) is 4. The lowest BCUT2D eigenvalue weighted by Crippen LogP contribution is -2.32. The van der Waals surface area contributed by atoms with Crippen LogP contribution in [0.5, 0.6) is 0 Å². The summed E-state index contributed by atoms with van der Waals surface area (Å²) in [7, 11) is 0. The lowest BCUT2D eigenvalue weighted by atomic mass is 10.0. The minimum absolute atomic E-state index is 0.206. The molecule has 0 spiro atoms. The van der Waals surface area contributed by atoms with Crippen molar-refractivity contribution in [3.8, 4) is 0 Å². The second kappa shape index (κ2) is 6.86. The number of carbonyl (C=O) groups is 1. The van der Waals surface area contributed by atoms with Crippen LogP contribution < -0.4 is 5.73 Å². The highest BCUT2D eigenvalue weighted by atomic mass is 16.4. The van der Waals surface area contributed by atoms with Crippen molar-refractivity contribution in [2.75, 3.05) is 0 Å². The van der Waals surface area contributed by atoms with Gasteiger partial charge in [0.05, 0.1) is 12.6 Å². The van der Waals surface area contributed by atoms with E-state index in [0.29, 0.717) is 13.0 Å². The van der Waals surface area contributed by atoms with Gasteiger partial charge in [-0.25, -0.2) is 0 Å². The van der Waals surface area contributed by atoms with Crippen LogP contribution in [0.3, 0.4) is 0 Å². The van der Waals surface area contributed by atoms with Crippen LogP contribution >= 0.6 is 0 Å². The largest absolute Gasteiger partial charge is 0.480 e. The Morgan fingerprint density at radius 2 is 1.83 bits per heavy atom. The van der Waals surface area contributed by atoms with Crippen LogP contribution in [0, 0.1) is 0 Å². The third-order valence-corrected chi connectivity index (χ3v) is 2.36. The molecule has 0 saturated carbocycles. The Kier molecular flexibility index (Phi) is 5.45. The smallest absolute Gasteiger partial charge is 0.320 e. The van der Waals surface area contributed by atoms with Crippen molar-refractivity contribution in [3.05, 3.63) is 35.4 Å². The van der Waals surface area contributed by atoms with Crippen LogP contribution in [0.25, 0.3) is 0 Å². The summed E-state index contributed by atoms with van der Waals surface area (Å²) in [6.45, 7) is 4.49. The van der Waals surface area contributed by atoms with E-state index in [4.69, 9.17) is 10.8 Å². The lowest BCUT2D eigenvalue weighted by molar-refractivity contribution is -0.138. The fraction of sp³-hybridized carbons (Fsp3) is 0.462. The lowest BCUT2D eigenvalue weighted by Gasteiger charge is -2.06. The van der Waals surface area contributed by atoms with Crippen molar-refractivity contribution in [1.29, 1.82) is 0 Å². The molecule has 5 nitrogen and oxygen atoms in total. The summed E-state index contributed by atoms with van der Waals surface area (Å²) in [5.74, 6) is -0.982. The van der Waals surface area contributed by atoms with Gasteiger partial charge in [0.25, 0.3) is 0 Å². The number of hydrogen-bond donors (Lipinski definition) is 2. The Labute approximate surface area is 107 Å². The molecule has 0 heterocycles. The summed E-state index contributed by atoms with van der Waals surface area (Å²) in [4.78, 5) is 10.6. The number of rotatable bonds is 6. The molecule has 5 heteroatoms. The number of azo groups is 1. The molecule has 0 radical (unpaired) electrons. The van der Waals surface area contributed by atoms with Gasteiger partial charge in [-0.1, -0.05) is 24.3 Å². The number of aliphatic carboxylic acids is 1. The monoisotopic (exact) mass is 249 g/mol. The number of nitrogens with zero attached hydrogens (tertiary/aromatic N) is 2. The van der Waals surface area contributed by atoms with Gasteiger partial charge in [-0.05, 0) is 31.4 Å². The molecule has 3 N–H and O–H groups in total. The molecule has 1 rings (SSSR count). The molecule has 0 bridgehead atoms. The second-order valence-corrected chi connectivity index (χ2v) is 4.47. The third kappa shape index (κ3) is 5.05. The maximum Gasteiger partial charge on any atom is 0.320 e. The molecule has 1 aromatic carbocycles. The molecule has 0 aliphatic heterocycles. The van der Waals surface area contributed by atoms with Gasteiger partial charge < -0.3 is 10.8 Å². The molecular formula is C13H19N3O2. The van der Waals surface area contributed by atoms with Crippen molar-refractivity contribution in [1.82, 2.24) is 0 Å². The zero-order valence-corrected chi connectivity index (χ0v) is 10.7. The normalized spacial score (nSPS) is 13.1. The van der Waals surface area contributed by atoms with E-state index in [9.17, 15) is 4.79 Å². The number of carboxylic acid groups (broad SMARTS) is 1. The average molecular weight is 249 g/mol. The topological polar surface area (TPSA) is 88.0 Å². The Morgan fingerprint density at radius 1 is 1.28 bits per heavy atom. The van der Waals surface area contributed by atoms with Crippen LogP contribution in [0.2, 0.25) is 0 Å². The van der Waals surface area contributed by atoms with Crippen LogP contribution in [-0.4, -0.2) is 23.2 Å². The molecule has 0 amide bonds. The summed E-state index contributed by atoms with van der Waals surface area (Å²) in [6.07, 6.45) is 0.336. The number of nitrogens with two attached hydrogens (primary N) is 1. The van der Waals surface area contributed by atoms with Crippen molar-refractivity contribution in [3.63, 3.8) is 0 Å². The fourth-order valence-electron chi connectivity index (χ4n) is 1.41. The van der Waals surface area contributed by atoms with Crippen molar-refractivity contribution in [2.24, 2.45) is 16.0 Å². The first-order valence-corrected chi connectivity index (χ1v) is 5.92. The Morgan fingerprint density at radius 3 is 2.33 bits per heavy atom. The zero-order valence-electron chi connectivity index (χ0n) is 10.7. The van der Waals surface area contributed by atoms with Gasteiger partial charge in [0.2, 0.25) is 0 Å². The minimum Gasteiger partial charge on any atom is -0.480 e. The van der Waals surface area contributed by atoms with Gasteiger partial charge >= 0.3 is 5.97 Å². The van der Waals surface area contributed by atoms with Gasteiger partial charge in [0, 0.05) is 0 Å². The van der Waals surface area contributed by atoms with Crippen LogP contribution in [0.4, 0.5) is 0 Å². The molecule has 1 atom stereocenters. The highest BCUT2D eigenvalue weighted by molar-refractivity contribution is 5.73. The van der Waals surface area contributed by atoms with Gasteiger partial charge in [0.1, 0.15) is 6.04 Å². The van der Waals surface area contributed by atoms with Gasteiger partial charge in [-0.2, -0.15) is 10.2 Å². The van der Waals surface area contributed by atoms with Crippen molar-refractivity contribution in [2.45, 2.75) is 38.9 Å². The van der Waals surface area contributed by atoms with E-state index in [0.717, 1.165) is 11.1 Å². The predicted octanol–water partition coefficient (Wildman–Crippen LogP) is 2.00. The summed E-state index contributed by atoms with van der Waals surface area (Å²) < 4.78 is 0. The highest BCUT2D eigenvalue weighted by Crippen LogP contribution is 2.08. The SMILES string of the molecule is CC(C)N=NCc1ccc(CC(N)C(=O)O)cc1. The zero-order chi connectivity index (χ0) is 13.5. The van der Waals surface area contributed by atoms with Crippen LogP contribution in [-0.2, 0) is 17.8 Å². The maximum atomic E-state index is 10.6. The minimum atomic E-state index is -0.982. The molecule has 18 heavy (non-hydrogen) atoms. The predicted molar refractivity (Wildman–Crippen MR) is 69.5 cm³/mol. The summed E-state index contributed by atoms with van der Waals surface area (Å²) in [6, 6.07) is 6.95. The first-order valence-electron chi connectivity index (χ1n) is 5.92. The highest BCUT2D eigenvalue weighted by Gasteiger charge is 2.11. The van der Waals surface area contributed by atoms with Gasteiger partial charge in [-0.15, -0.1) is 0 Å². The summed E-state index contributed by atoms with van der Waals surface area (Å²) in [5, 5.41) is 16.8. The maximum absolute atomic E-state index is 10.6. The number of benzene rings is 1. The van der Waals surface area contributed by atoms with Gasteiger partial charge in [0.15, 0.2) is 0 Å². The molecule has 98 valence electrons. The molecule has 1 unspecified atom stereocenters. The summed E-state index contributed by atoms with van der Waals surface area (Å²) >= 11 is 0. The summed E-state index contributed by atoms with van der Waals surface area (Å²) in [5.41, 5.74) is 7.43.